The second-order valence-electron chi connectivity index (χ2n) is 6.19. The molecule has 0 spiro atoms. The van der Waals surface area contributed by atoms with Crippen molar-refractivity contribution in [2.45, 2.75) is 37.6 Å². The summed E-state index contributed by atoms with van der Waals surface area (Å²) < 4.78 is 38.5. The van der Waals surface area contributed by atoms with Crippen LogP contribution in [0.15, 0.2) is 17.0 Å². The van der Waals surface area contributed by atoms with Gasteiger partial charge in [-0.3, -0.25) is 4.90 Å². The molecular weight excluding hydrogens is 328 g/mol. The molecular formula is C17H28N2O4S. The Balaban J connectivity index is 2.08. The summed E-state index contributed by atoms with van der Waals surface area (Å²) >= 11 is 0. The topological polar surface area (TPSA) is 67.9 Å². The number of ether oxygens (including phenoxy) is 2. The predicted octanol–water partition coefficient (Wildman–Crippen LogP) is 1.70. The normalized spacial score (nSPS) is 18.9. The molecule has 24 heavy (non-hydrogen) atoms. The zero-order valence-electron chi connectivity index (χ0n) is 15.0. The van der Waals surface area contributed by atoms with Crippen molar-refractivity contribution in [2.75, 3.05) is 40.5 Å². The third-order valence-corrected chi connectivity index (χ3v) is 6.36. The van der Waals surface area contributed by atoms with Gasteiger partial charge in [0, 0.05) is 26.2 Å². The van der Waals surface area contributed by atoms with Crippen molar-refractivity contribution in [1.29, 1.82) is 0 Å². The molecule has 136 valence electrons. The van der Waals surface area contributed by atoms with E-state index in [2.05, 4.69) is 9.62 Å². The summed E-state index contributed by atoms with van der Waals surface area (Å²) in [5, 5.41) is 0. The molecule has 1 aromatic rings. The fourth-order valence-corrected chi connectivity index (χ4v) is 4.57. The summed E-state index contributed by atoms with van der Waals surface area (Å²) in [5.41, 5.74) is 1.58. The molecule has 1 aromatic carbocycles. The van der Waals surface area contributed by atoms with E-state index in [1.165, 1.54) is 0 Å². The Bertz CT molecular complexity index is 661. The number of sulfonamides is 1. The summed E-state index contributed by atoms with van der Waals surface area (Å²) in [6.07, 6.45) is 2.10. The number of likely N-dealkylation sites (tertiary alicyclic amines) is 1. The first-order valence-electron chi connectivity index (χ1n) is 8.27. The molecule has 1 N–H and O–H groups in total. The largest absolute Gasteiger partial charge is 0.496 e. The number of methoxy groups -OCH3 is 2. The highest BCUT2D eigenvalue weighted by molar-refractivity contribution is 7.89. The Hall–Kier alpha value is -1.15. The highest BCUT2D eigenvalue weighted by atomic mass is 32.2. The summed E-state index contributed by atoms with van der Waals surface area (Å²) in [4.78, 5) is 2.61. The number of benzene rings is 1. The summed E-state index contributed by atoms with van der Waals surface area (Å²) in [6.45, 7) is 6.61. The van der Waals surface area contributed by atoms with Gasteiger partial charge in [0.05, 0.1) is 18.6 Å². The van der Waals surface area contributed by atoms with E-state index >= 15 is 0 Å². The fourth-order valence-electron chi connectivity index (χ4n) is 3.20. The minimum absolute atomic E-state index is 0.231. The number of rotatable bonds is 8. The van der Waals surface area contributed by atoms with Gasteiger partial charge in [0.2, 0.25) is 10.0 Å². The molecule has 0 unspecified atom stereocenters. The smallest absolute Gasteiger partial charge is 0.240 e. The van der Waals surface area contributed by atoms with Crippen molar-refractivity contribution in [3.8, 4) is 5.75 Å². The maximum Gasteiger partial charge on any atom is 0.240 e. The molecule has 1 atom stereocenters. The van der Waals surface area contributed by atoms with Crippen LogP contribution in [-0.2, 0) is 14.8 Å². The van der Waals surface area contributed by atoms with Crippen molar-refractivity contribution in [1.82, 2.24) is 9.62 Å². The molecule has 2 rings (SSSR count). The Kier molecular flexibility index (Phi) is 6.62. The molecule has 1 fully saturated rings. The van der Waals surface area contributed by atoms with Crippen molar-refractivity contribution in [3.05, 3.63) is 23.3 Å². The SMILES string of the molecule is COCCN1CCC[C@@H]1CNS(=O)(=O)c1ccc(OC)c(C)c1C. The van der Waals surface area contributed by atoms with Crippen molar-refractivity contribution in [2.24, 2.45) is 0 Å². The van der Waals surface area contributed by atoms with Gasteiger partial charge in [-0.05, 0) is 56.5 Å². The van der Waals surface area contributed by atoms with Crippen molar-refractivity contribution >= 4 is 10.0 Å². The zero-order valence-corrected chi connectivity index (χ0v) is 15.8. The van der Waals surface area contributed by atoms with E-state index in [0.29, 0.717) is 23.8 Å². The lowest BCUT2D eigenvalue weighted by molar-refractivity contribution is 0.141. The third kappa shape index (κ3) is 4.27. The molecule has 1 aliphatic heterocycles. The summed E-state index contributed by atoms with van der Waals surface area (Å²) in [6, 6.07) is 3.55. The van der Waals surface area contributed by atoms with Gasteiger partial charge in [-0.2, -0.15) is 0 Å². The lowest BCUT2D eigenvalue weighted by atomic mass is 10.1. The first kappa shape index (κ1) is 19.2. The van der Waals surface area contributed by atoms with Crippen LogP contribution in [0.25, 0.3) is 0 Å². The van der Waals surface area contributed by atoms with Gasteiger partial charge in [0.25, 0.3) is 0 Å². The number of hydrogen-bond donors (Lipinski definition) is 1. The predicted molar refractivity (Wildman–Crippen MR) is 94.1 cm³/mol. The van der Waals surface area contributed by atoms with Crippen LogP contribution in [0.2, 0.25) is 0 Å². The van der Waals surface area contributed by atoms with Crippen LogP contribution in [0, 0.1) is 13.8 Å². The van der Waals surface area contributed by atoms with Gasteiger partial charge in [-0.25, -0.2) is 13.1 Å². The molecule has 7 heteroatoms. The molecule has 0 aliphatic carbocycles. The first-order valence-corrected chi connectivity index (χ1v) is 9.76. The van der Waals surface area contributed by atoms with Crippen LogP contribution < -0.4 is 9.46 Å². The van der Waals surface area contributed by atoms with E-state index in [-0.39, 0.29) is 6.04 Å². The number of nitrogens with one attached hydrogen (secondary N) is 1. The molecule has 0 amide bonds. The average molecular weight is 356 g/mol. The lowest BCUT2D eigenvalue weighted by Gasteiger charge is -2.24. The van der Waals surface area contributed by atoms with Crippen LogP contribution in [0.1, 0.15) is 24.0 Å². The second-order valence-corrected chi connectivity index (χ2v) is 7.93. The third-order valence-electron chi connectivity index (χ3n) is 4.79. The highest BCUT2D eigenvalue weighted by Crippen LogP contribution is 2.27. The van der Waals surface area contributed by atoms with Gasteiger partial charge in [-0.15, -0.1) is 0 Å². The van der Waals surface area contributed by atoms with Crippen molar-refractivity contribution < 1.29 is 17.9 Å². The number of nitrogens with zero attached hydrogens (tertiary/aromatic N) is 1. The average Bonchev–Trinajstić information content (AvgIpc) is 3.00. The molecule has 6 nitrogen and oxygen atoms in total. The van der Waals surface area contributed by atoms with E-state index in [0.717, 1.165) is 37.1 Å². The van der Waals surface area contributed by atoms with E-state index in [4.69, 9.17) is 9.47 Å². The minimum Gasteiger partial charge on any atom is -0.496 e. The van der Waals surface area contributed by atoms with E-state index in [1.54, 1.807) is 26.4 Å². The Morgan fingerprint density at radius 3 is 2.67 bits per heavy atom. The first-order chi connectivity index (χ1) is 11.4. The van der Waals surface area contributed by atoms with Gasteiger partial charge in [0.15, 0.2) is 0 Å². The molecule has 1 saturated heterocycles. The Morgan fingerprint density at radius 2 is 2.00 bits per heavy atom. The minimum atomic E-state index is -3.53. The molecule has 0 radical (unpaired) electrons. The standard InChI is InChI=1S/C17H28N2O4S/c1-13-14(2)17(8-7-16(13)23-4)24(20,21)18-12-15-6-5-9-19(15)10-11-22-3/h7-8,15,18H,5-6,9-12H2,1-4H3/t15-/m1/s1. The van der Waals surface area contributed by atoms with Gasteiger partial charge in [-0.1, -0.05) is 0 Å². The van der Waals surface area contributed by atoms with Gasteiger partial charge >= 0.3 is 0 Å². The molecule has 1 aliphatic rings. The van der Waals surface area contributed by atoms with Crippen molar-refractivity contribution in [3.63, 3.8) is 0 Å². The highest BCUT2D eigenvalue weighted by Gasteiger charge is 2.27. The Morgan fingerprint density at radius 1 is 1.25 bits per heavy atom. The van der Waals surface area contributed by atoms with Gasteiger partial charge < -0.3 is 9.47 Å². The monoisotopic (exact) mass is 356 g/mol. The van der Waals surface area contributed by atoms with Crippen LogP contribution in [-0.4, -0.2) is 59.8 Å². The Labute approximate surface area is 145 Å². The van der Waals surface area contributed by atoms with Crippen LogP contribution in [0.5, 0.6) is 5.75 Å². The van der Waals surface area contributed by atoms with E-state index < -0.39 is 10.0 Å². The fraction of sp³-hybridized carbons (Fsp3) is 0.647. The molecule has 1 heterocycles. The van der Waals surface area contributed by atoms with E-state index in [1.807, 2.05) is 13.8 Å². The summed E-state index contributed by atoms with van der Waals surface area (Å²) in [5.74, 6) is 0.702. The summed E-state index contributed by atoms with van der Waals surface area (Å²) in [7, 11) is -0.264. The molecule has 0 bridgehead atoms. The zero-order chi connectivity index (χ0) is 17.7. The van der Waals surface area contributed by atoms with E-state index in [9.17, 15) is 8.42 Å². The number of hydrogen-bond acceptors (Lipinski definition) is 5. The van der Waals surface area contributed by atoms with Crippen LogP contribution in [0.3, 0.4) is 0 Å². The maximum absolute atomic E-state index is 12.7. The second kappa shape index (κ2) is 8.29. The quantitative estimate of drug-likeness (QED) is 0.768. The van der Waals surface area contributed by atoms with Crippen LogP contribution >= 0.6 is 0 Å². The molecule has 0 saturated carbocycles. The van der Waals surface area contributed by atoms with Crippen LogP contribution in [0.4, 0.5) is 0 Å². The maximum atomic E-state index is 12.7. The lowest BCUT2D eigenvalue weighted by Crippen LogP contribution is -2.41. The molecule has 0 aromatic heterocycles. The van der Waals surface area contributed by atoms with Gasteiger partial charge in [0.1, 0.15) is 5.75 Å².